The first-order valence-electron chi connectivity index (χ1n) is 49.4. The lowest BCUT2D eigenvalue weighted by atomic mass is 9.30. The van der Waals surface area contributed by atoms with Crippen LogP contribution in [-0.4, -0.2) is 13.4 Å². The number of anilines is 24. The van der Waals surface area contributed by atoms with E-state index in [1.54, 1.807) is 0 Å². The number of hydrogen-bond acceptors (Lipinski definition) is 12. The summed E-state index contributed by atoms with van der Waals surface area (Å²) in [6, 6.07) is 200. The van der Waals surface area contributed by atoms with Gasteiger partial charge in [-0.25, -0.2) is 0 Å². The lowest BCUT2D eigenvalue weighted by molar-refractivity contribution is 0.482. The van der Waals surface area contributed by atoms with Gasteiger partial charge in [-0.1, -0.05) is 303 Å². The van der Waals surface area contributed by atoms with Gasteiger partial charge in [0.2, 0.25) is 0 Å². The Bertz CT molecular complexity index is 7830. The summed E-state index contributed by atoms with van der Waals surface area (Å²) in [6.45, 7) is -0.260. The Labute approximate surface area is 851 Å². The number of para-hydroxylation sites is 16. The van der Waals surface area contributed by atoms with Crippen LogP contribution in [0.3, 0.4) is 0 Å². The molecule has 0 bridgehead atoms. The zero-order chi connectivity index (χ0) is 97.0. The maximum Gasteiger partial charge on any atom is 0.252 e. The highest BCUT2D eigenvalue weighted by Crippen LogP contribution is 2.54. The van der Waals surface area contributed by atoms with Crippen molar-refractivity contribution in [2.45, 2.75) is 0 Å². The van der Waals surface area contributed by atoms with Crippen LogP contribution >= 0.6 is 0 Å². The largest absolute Gasteiger partial charge is 0.457 e. The Hall–Kier alpha value is -19.4. The zero-order valence-corrected chi connectivity index (χ0v) is 79.6. The van der Waals surface area contributed by atoms with Gasteiger partial charge in [0, 0.05) is 162 Å². The highest BCUT2D eigenvalue weighted by molar-refractivity contribution is 7.03. The van der Waals surface area contributed by atoms with Crippen molar-refractivity contribution in [1.82, 2.24) is 0 Å². The third-order valence-electron chi connectivity index (χ3n) is 27.2. The topological polar surface area (TPSA) is 62.8 Å². The average molecular weight is 1880 g/mol. The molecular formula is C132H94B2N8O4. The molecule has 4 heterocycles. The normalized spacial score (nSPS) is 12.0. The highest BCUT2D eigenvalue weighted by Gasteiger charge is 2.49. The molecular weight excluding hydrogens is 1780 g/mol. The van der Waals surface area contributed by atoms with Crippen LogP contribution in [0.25, 0.3) is 0 Å². The summed E-state index contributed by atoms with van der Waals surface area (Å²) in [5, 5.41) is 0. The van der Waals surface area contributed by atoms with E-state index in [1.807, 2.05) is 146 Å². The van der Waals surface area contributed by atoms with E-state index in [9.17, 15) is 0 Å². The highest BCUT2D eigenvalue weighted by atomic mass is 16.5. The Kier molecular flexibility index (Phi) is 23.7. The predicted molar refractivity (Wildman–Crippen MR) is 606 cm³/mol. The number of ether oxygens (including phenoxy) is 4. The number of hydrogen-bond donors (Lipinski definition) is 0. The van der Waals surface area contributed by atoms with Crippen LogP contribution in [0.15, 0.2) is 570 Å². The molecule has 0 saturated carbocycles. The van der Waals surface area contributed by atoms with Crippen molar-refractivity contribution in [2.75, 3.05) is 39.2 Å². The fourth-order valence-electron chi connectivity index (χ4n) is 21.2. The zero-order valence-electron chi connectivity index (χ0n) is 79.6. The molecule has 0 unspecified atom stereocenters. The van der Waals surface area contributed by atoms with Crippen LogP contribution in [0.5, 0.6) is 46.0 Å². The summed E-state index contributed by atoms with van der Waals surface area (Å²) in [5.41, 5.74) is 32.1. The second kappa shape index (κ2) is 39.3. The van der Waals surface area contributed by atoms with E-state index < -0.39 is 0 Å². The van der Waals surface area contributed by atoms with Gasteiger partial charge in [0.1, 0.15) is 46.0 Å². The Morgan fingerprint density at radius 2 is 0.329 bits per heavy atom. The standard InChI is InChI=1S/C66H44B2N4O2.C66H50N4O2/c1-7-23-45(24-8-1)69-57-37-21-19-35-53(57)67-55-43-56-60(44-59(55)71(47-27-11-3-12-28-47)63-41-51(39-61(69)65(63)67)73-49-31-15-5-16-32-49)72(48-29-13-4-14-30-48)64-42-52(74-50-33-17-6-18-34-50)40-62-66(64)68(56)54-36-20-22-38-58(54)70(62)46-25-9-2-10-26-46;1-9-26-51(27-10-1)67(52-28-11-2-12-29-52)59-45-61(49-65(47-59)71-63-40-21-7-22-41-63)69(55-34-17-5-18-35-55)57-38-25-39-58(44-57)70(56-36-19-6-20-37-56)62-46-60(48-66(50-62)72-64-42-23-8-24-43-64)68(53-30-13-3-14-31-53)54-32-15-4-16-33-54/h1-44H;1-50H. The summed E-state index contributed by atoms with van der Waals surface area (Å²) < 4.78 is 27.3. The Morgan fingerprint density at radius 1 is 0.130 bits per heavy atom. The summed E-state index contributed by atoms with van der Waals surface area (Å²) in [7, 11) is 0. The summed E-state index contributed by atoms with van der Waals surface area (Å²) in [6.07, 6.45) is 0. The predicted octanol–water partition coefficient (Wildman–Crippen LogP) is 32.6. The first-order chi connectivity index (χ1) is 72.4. The Balaban J connectivity index is 0.000000152. The van der Waals surface area contributed by atoms with Crippen molar-refractivity contribution >= 4 is 183 Å². The van der Waals surface area contributed by atoms with Gasteiger partial charge in [0.25, 0.3) is 13.4 Å². The molecule has 22 aromatic rings. The molecule has 0 aliphatic carbocycles. The van der Waals surface area contributed by atoms with Gasteiger partial charge in [-0.2, -0.15) is 0 Å². The maximum atomic E-state index is 6.89. The van der Waals surface area contributed by atoms with Crippen LogP contribution < -0.4 is 90.9 Å². The van der Waals surface area contributed by atoms with Crippen molar-refractivity contribution < 1.29 is 18.9 Å². The second-order valence-corrected chi connectivity index (χ2v) is 36.3. The molecule has 0 atom stereocenters. The van der Waals surface area contributed by atoms with Gasteiger partial charge in [-0.3, -0.25) is 0 Å². The first-order valence-corrected chi connectivity index (χ1v) is 49.4. The molecule has 14 heteroatoms. The maximum absolute atomic E-state index is 6.89. The van der Waals surface area contributed by atoms with Crippen LogP contribution in [0.4, 0.5) is 136 Å². The monoisotopic (exact) mass is 1880 g/mol. The van der Waals surface area contributed by atoms with Crippen molar-refractivity contribution in [3.8, 4) is 46.0 Å². The average Bonchev–Trinajstić information content (AvgIpc) is 0.680. The van der Waals surface area contributed by atoms with Crippen LogP contribution in [0, 0.1) is 0 Å². The lowest BCUT2D eigenvalue weighted by Crippen LogP contribution is -2.65. The molecule has 22 aromatic carbocycles. The minimum atomic E-state index is -0.130. The van der Waals surface area contributed by atoms with E-state index in [0.717, 1.165) is 171 Å². The van der Waals surface area contributed by atoms with E-state index in [4.69, 9.17) is 18.9 Å². The van der Waals surface area contributed by atoms with Gasteiger partial charge in [0.15, 0.2) is 0 Å². The molecule has 0 amide bonds. The molecule has 0 fully saturated rings. The van der Waals surface area contributed by atoms with Crippen molar-refractivity contribution in [2.24, 2.45) is 0 Å². The fraction of sp³-hybridized carbons (Fsp3) is 0. The Morgan fingerprint density at radius 3 is 0.589 bits per heavy atom. The first kappa shape index (κ1) is 88.0. The van der Waals surface area contributed by atoms with E-state index in [0.29, 0.717) is 11.5 Å². The van der Waals surface area contributed by atoms with Gasteiger partial charge < -0.3 is 58.1 Å². The third kappa shape index (κ3) is 17.2. The van der Waals surface area contributed by atoms with Gasteiger partial charge in [-0.15, -0.1) is 0 Å². The van der Waals surface area contributed by atoms with Crippen LogP contribution in [-0.2, 0) is 0 Å². The molecule has 4 aliphatic rings. The molecule has 0 spiro atoms. The smallest absolute Gasteiger partial charge is 0.252 e. The molecule has 146 heavy (non-hydrogen) atoms. The van der Waals surface area contributed by atoms with E-state index in [2.05, 4.69) is 464 Å². The van der Waals surface area contributed by atoms with E-state index in [-0.39, 0.29) is 13.4 Å². The lowest BCUT2D eigenvalue weighted by Gasteiger charge is -2.47. The van der Waals surface area contributed by atoms with E-state index >= 15 is 0 Å². The summed E-state index contributed by atoms with van der Waals surface area (Å²) in [4.78, 5) is 19.0. The van der Waals surface area contributed by atoms with E-state index in [1.165, 1.54) is 32.8 Å². The summed E-state index contributed by atoms with van der Waals surface area (Å²) in [5.74, 6) is 5.94. The van der Waals surface area contributed by atoms with Gasteiger partial charge in [-0.05, 0) is 251 Å². The van der Waals surface area contributed by atoms with Gasteiger partial charge in [0.05, 0.1) is 22.7 Å². The molecule has 0 N–H and O–H groups in total. The number of rotatable bonds is 24. The van der Waals surface area contributed by atoms with Crippen molar-refractivity contribution in [3.63, 3.8) is 0 Å². The number of nitrogens with zero attached hydrogens (tertiary/aromatic N) is 8. The second-order valence-electron chi connectivity index (χ2n) is 36.3. The molecule has 0 saturated heterocycles. The molecule has 692 valence electrons. The quantitative estimate of drug-likeness (QED) is 0.0542. The minimum Gasteiger partial charge on any atom is -0.457 e. The summed E-state index contributed by atoms with van der Waals surface area (Å²) >= 11 is 0. The van der Waals surface area contributed by atoms with Crippen LogP contribution in [0.1, 0.15) is 0 Å². The molecule has 0 aromatic heterocycles. The van der Waals surface area contributed by atoms with Crippen molar-refractivity contribution in [1.29, 1.82) is 0 Å². The third-order valence-corrected chi connectivity index (χ3v) is 27.2. The molecule has 0 radical (unpaired) electrons. The van der Waals surface area contributed by atoms with Crippen molar-refractivity contribution in [3.05, 3.63) is 570 Å². The number of benzene rings is 22. The van der Waals surface area contributed by atoms with Crippen LogP contribution in [0.2, 0.25) is 0 Å². The minimum absolute atomic E-state index is 0.130. The molecule has 4 aliphatic heterocycles. The SMILES string of the molecule is c1ccc(Oc2cc(N(c3ccccc3)c3ccccc3)cc(N(c3ccccc3)c3cccc(N(c4ccccc4)c4cc(Oc5ccccc5)cc(N(c5ccccc5)c5ccccc5)c4)c3)c2)cc1.c1ccc(Oc2cc3c4c(c2)N(c2ccccc2)c2cc5c(cc2B4c2ccccc2N3c2ccccc2)B2c3ccccc3N(c3ccccc3)c3cc(Oc4ccccc4)cc(c32)N5c2ccccc2)cc1. The number of fused-ring (bicyclic) bond motifs is 8. The fourth-order valence-corrected chi connectivity index (χ4v) is 21.2. The van der Waals surface area contributed by atoms with Gasteiger partial charge >= 0.3 is 0 Å². The molecule has 12 nitrogen and oxygen atoms in total. The molecule has 26 rings (SSSR count).